The third-order valence-corrected chi connectivity index (χ3v) is 4.23. The van der Waals surface area contributed by atoms with Crippen LogP contribution in [0.5, 0.6) is 23.0 Å². The van der Waals surface area contributed by atoms with Gasteiger partial charge < -0.3 is 24.3 Å². The summed E-state index contributed by atoms with van der Waals surface area (Å²) in [5.41, 5.74) is 0.919. The van der Waals surface area contributed by atoms with Crippen LogP contribution in [0, 0.1) is 11.3 Å². The van der Waals surface area contributed by atoms with Gasteiger partial charge in [-0.1, -0.05) is 11.6 Å². The van der Waals surface area contributed by atoms with Crippen LogP contribution in [-0.4, -0.2) is 33.3 Å². The average Bonchev–Trinajstić information content (AvgIpc) is 2.71. The number of nitrogens with zero attached hydrogens (tertiary/aromatic N) is 1. The Hall–Kier alpha value is -3.37. The van der Waals surface area contributed by atoms with Crippen LogP contribution in [-0.2, 0) is 4.79 Å². The third kappa shape index (κ3) is 4.13. The molecule has 0 aliphatic carbocycles. The number of rotatable bonds is 5. The Kier molecular flexibility index (Phi) is 5.92. The number of ether oxygens (including phenoxy) is 4. The monoisotopic (exact) mass is 400 g/mol. The van der Waals surface area contributed by atoms with Crippen molar-refractivity contribution >= 4 is 29.3 Å². The van der Waals surface area contributed by atoms with E-state index in [1.54, 1.807) is 30.3 Å². The first-order valence-corrected chi connectivity index (χ1v) is 8.68. The third-order valence-electron chi connectivity index (χ3n) is 3.94. The summed E-state index contributed by atoms with van der Waals surface area (Å²) in [6, 6.07) is 10.1. The Morgan fingerprint density at radius 3 is 2.61 bits per heavy atom. The van der Waals surface area contributed by atoms with Crippen molar-refractivity contribution in [3.05, 3.63) is 46.5 Å². The van der Waals surface area contributed by atoms with Crippen LogP contribution in [0.3, 0.4) is 0 Å². The van der Waals surface area contributed by atoms with Gasteiger partial charge in [-0.3, -0.25) is 4.79 Å². The fourth-order valence-corrected chi connectivity index (χ4v) is 2.89. The van der Waals surface area contributed by atoms with Gasteiger partial charge in [0.2, 0.25) is 5.75 Å². The summed E-state index contributed by atoms with van der Waals surface area (Å²) >= 11 is 6.06. The molecule has 1 heterocycles. The van der Waals surface area contributed by atoms with Crippen molar-refractivity contribution in [2.45, 2.75) is 0 Å². The molecular weight excluding hydrogens is 384 g/mol. The number of nitriles is 1. The molecule has 0 saturated heterocycles. The SMILES string of the molecule is COc1ccc(NC(=O)/C(C#N)=C\c2cc(OC)c3c(c2)OCCO3)cc1Cl. The molecule has 0 atom stereocenters. The number of halogens is 1. The first-order valence-electron chi connectivity index (χ1n) is 8.30. The number of carbonyl (C=O) groups excluding carboxylic acids is 1. The molecule has 144 valence electrons. The molecule has 0 unspecified atom stereocenters. The van der Waals surface area contributed by atoms with Gasteiger partial charge in [0.25, 0.3) is 5.91 Å². The second kappa shape index (κ2) is 8.55. The van der Waals surface area contributed by atoms with Crippen molar-refractivity contribution in [1.82, 2.24) is 0 Å². The zero-order valence-corrected chi connectivity index (χ0v) is 16.0. The molecule has 8 heteroatoms. The number of nitrogens with one attached hydrogen (secondary N) is 1. The number of benzene rings is 2. The lowest BCUT2D eigenvalue weighted by molar-refractivity contribution is -0.112. The van der Waals surface area contributed by atoms with Gasteiger partial charge in [0.05, 0.1) is 19.2 Å². The lowest BCUT2D eigenvalue weighted by Gasteiger charge is -2.21. The van der Waals surface area contributed by atoms with E-state index in [4.69, 9.17) is 30.5 Å². The summed E-state index contributed by atoms with van der Waals surface area (Å²) in [7, 11) is 3.00. The Labute approximate surface area is 167 Å². The number of hydrogen-bond donors (Lipinski definition) is 1. The van der Waals surface area contributed by atoms with Crippen LogP contribution < -0.4 is 24.3 Å². The topological polar surface area (TPSA) is 89.8 Å². The minimum atomic E-state index is -0.572. The molecule has 2 aromatic rings. The molecule has 3 rings (SSSR count). The Bertz CT molecular complexity index is 964. The van der Waals surface area contributed by atoms with Crippen molar-refractivity contribution in [3.63, 3.8) is 0 Å². The fraction of sp³-hybridized carbons (Fsp3) is 0.200. The maximum Gasteiger partial charge on any atom is 0.266 e. The Balaban J connectivity index is 1.86. The second-order valence-electron chi connectivity index (χ2n) is 5.72. The van der Waals surface area contributed by atoms with Crippen LogP contribution in [0.1, 0.15) is 5.56 Å². The van der Waals surface area contributed by atoms with E-state index in [1.807, 2.05) is 6.07 Å². The number of hydrogen-bond acceptors (Lipinski definition) is 6. The zero-order chi connectivity index (χ0) is 20.1. The molecule has 1 aliphatic heterocycles. The van der Waals surface area contributed by atoms with E-state index >= 15 is 0 Å². The van der Waals surface area contributed by atoms with Gasteiger partial charge in [0.15, 0.2) is 11.5 Å². The second-order valence-corrected chi connectivity index (χ2v) is 6.13. The minimum absolute atomic E-state index is 0.0920. The average molecular weight is 401 g/mol. The summed E-state index contributed by atoms with van der Waals surface area (Å²) in [4.78, 5) is 12.5. The molecular formula is C20H17ClN2O5. The van der Waals surface area contributed by atoms with E-state index in [-0.39, 0.29) is 5.57 Å². The van der Waals surface area contributed by atoms with Crippen molar-refractivity contribution in [3.8, 4) is 29.1 Å². The predicted molar refractivity (Wildman–Crippen MR) is 104 cm³/mol. The highest BCUT2D eigenvalue weighted by molar-refractivity contribution is 6.32. The zero-order valence-electron chi connectivity index (χ0n) is 15.2. The van der Waals surface area contributed by atoms with E-state index in [0.717, 1.165) is 0 Å². The molecule has 1 N–H and O–H groups in total. The lowest BCUT2D eigenvalue weighted by Crippen LogP contribution is -2.16. The van der Waals surface area contributed by atoms with Crippen molar-refractivity contribution in [2.75, 3.05) is 32.8 Å². The number of fused-ring (bicyclic) bond motifs is 1. The predicted octanol–water partition coefficient (Wildman–Crippen LogP) is 3.67. The standard InChI is InChI=1S/C20H17ClN2O5/c1-25-16-4-3-14(10-15(16)21)23-20(24)13(11-22)7-12-8-17(26-2)19-18(9-12)27-5-6-28-19/h3-4,7-10H,5-6H2,1-2H3,(H,23,24)/b13-7-. The van der Waals surface area contributed by atoms with E-state index < -0.39 is 5.91 Å². The van der Waals surface area contributed by atoms with E-state index in [2.05, 4.69) is 5.32 Å². The minimum Gasteiger partial charge on any atom is -0.495 e. The summed E-state index contributed by atoms with van der Waals surface area (Å²) in [5, 5.41) is 12.4. The molecule has 7 nitrogen and oxygen atoms in total. The highest BCUT2D eigenvalue weighted by atomic mass is 35.5. The van der Waals surface area contributed by atoms with Crippen LogP contribution in [0.2, 0.25) is 5.02 Å². The number of methoxy groups -OCH3 is 2. The largest absolute Gasteiger partial charge is 0.495 e. The van der Waals surface area contributed by atoms with Gasteiger partial charge in [-0.25, -0.2) is 0 Å². The molecule has 1 aliphatic rings. The van der Waals surface area contributed by atoms with E-state index in [9.17, 15) is 10.1 Å². The van der Waals surface area contributed by atoms with Crippen LogP contribution in [0.15, 0.2) is 35.9 Å². The van der Waals surface area contributed by atoms with Gasteiger partial charge in [-0.2, -0.15) is 5.26 Å². The van der Waals surface area contributed by atoms with Crippen molar-refractivity contribution < 1.29 is 23.7 Å². The maximum absolute atomic E-state index is 12.5. The smallest absolute Gasteiger partial charge is 0.266 e. The van der Waals surface area contributed by atoms with Crippen LogP contribution in [0.4, 0.5) is 5.69 Å². The van der Waals surface area contributed by atoms with Gasteiger partial charge in [0, 0.05) is 5.69 Å². The van der Waals surface area contributed by atoms with Crippen LogP contribution >= 0.6 is 11.6 Å². The molecule has 28 heavy (non-hydrogen) atoms. The van der Waals surface area contributed by atoms with E-state index in [1.165, 1.54) is 20.3 Å². The molecule has 0 radical (unpaired) electrons. The summed E-state index contributed by atoms with van der Waals surface area (Å²) in [6.07, 6.45) is 1.45. The molecule has 2 aromatic carbocycles. The number of anilines is 1. The molecule has 0 fully saturated rings. The van der Waals surface area contributed by atoms with Gasteiger partial charge in [-0.05, 0) is 42.0 Å². The van der Waals surface area contributed by atoms with Gasteiger partial charge >= 0.3 is 0 Å². The lowest BCUT2D eigenvalue weighted by atomic mass is 10.1. The van der Waals surface area contributed by atoms with Gasteiger partial charge in [0.1, 0.15) is 30.6 Å². The quantitative estimate of drug-likeness (QED) is 0.608. The normalized spacial score (nSPS) is 12.7. The molecule has 0 spiro atoms. The first-order chi connectivity index (χ1) is 13.5. The Morgan fingerprint density at radius 2 is 1.93 bits per heavy atom. The van der Waals surface area contributed by atoms with E-state index in [0.29, 0.717) is 52.5 Å². The summed E-state index contributed by atoms with van der Waals surface area (Å²) in [6.45, 7) is 0.835. The van der Waals surface area contributed by atoms with Crippen LogP contribution in [0.25, 0.3) is 6.08 Å². The number of carbonyl (C=O) groups is 1. The summed E-state index contributed by atoms with van der Waals surface area (Å²) < 4.78 is 21.5. The first kappa shape index (κ1) is 19.4. The Morgan fingerprint density at radius 1 is 1.18 bits per heavy atom. The van der Waals surface area contributed by atoms with Crippen molar-refractivity contribution in [1.29, 1.82) is 5.26 Å². The molecule has 1 amide bonds. The number of amides is 1. The molecule has 0 aromatic heterocycles. The highest BCUT2D eigenvalue weighted by Gasteiger charge is 2.19. The highest BCUT2D eigenvalue weighted by Crippen LogP contribution is 2.40. The fourth-order valence-electron chi connectivity index (χ4n) is 2.63. The van der Waals surface area contributed by atoms with Crippen molar-refractivity contribution in [2.24, 2.45) is 0 Å². The maximum atomic E-state index is 12.5. The van der Waals surface area contributed by atoms with Gasteiger partial charge in [-0.15, -0.1) is 0 Å². The molecule has 0 bridgehead atoms. The summed E-state index contributed by atoms with van der Waals surface area (Å²) in [5.74, 6) is 1.37. The molecule has 0 saturated carbocycles.